The highest BCUT2D eigenvalue weighted by atomic mass is 32.2. The molecule has 0 fully saturated rings. The number of ether oxygens (including phenoxy) is 3. The second kappa shape index (κ2) is 18.9. The van der Waals surface area contributed by atoms with E-state index >= 15 is 0 Å². The molecule has 0 spiro atoms. The number of esters is 3. The van der Waals surface area contributed by atoms with Crippen LogP contribution in [0.5, 0.6) is 5.75 Å². The highest BCUT2D eigenvalue weighted by Gasteiger charge is 2.12. The summed E-state index contributed by atoms with van der Waals surface area (Å²) in [6.45, 7) is 9.30. The zero-order chi connectivity index (χ0) is 36.7. The molecule has 0 aliphatic rings. The van der Waals surface area contributed by atoms with Crippen molar-refractivity contribution in [1.82, 2.24) is 0 Å². The monoisotopic (exact) mass is 722 g/mol. The second-order valence-electron chi connectivity index (χ2n) is 11.1. The molecule has 6 nitrogen and oxygen atoms in total. The molecule has 0 aliphatic heterocycles. The number of fused-ring (bicyclic) bond motifs is 1. The van der Waals surface area contributed by atoms with Crippen LogP contribution in [0, 0.1) is 30.6 Å². The van der Waals surface area contributed by atoms with E-state index in [9.17, 15) is 14.4 Å². The van der Waals surface area contributed by atoms with Crippen molar-refractivity contribution in [2.24, 2.45) is 0 Å². The third-order valence-electron chi connectivity index (χ3n) is 7.39. The number of rotatable bonds is 12. The SMILES string of the molecule is C=CC(=O)OCCSc1ccc(C#Cc2ccc(OC(=O)c3ccc4cc(C#Cc5ccc(SCCOC(=O)C=C)cc5)ccc4c3)c(C)c2)cc1. The summed E-state index contributed by atoms with van der Waals surface area (Å²) in [5.41, 5.74) is 4.68. The van der Waals surface area contributed by atoms with E-state index in [1.165, 1.54) is 0 Å². The van der Waals surface area contributed by atoms with E-state index in [0.717, 1.165) is 60.5 Å². The lowest BCUT2D eigenvalue weighted by Crippen LogP contribution is -2.09. The molecule has 5 aromatic rings. The minimum Gasteiger partial charge on any atom is -0.462 e. The lowest BCUT2D eigenvalue weighted by Gasteiger charge is -2.09. The fraction of sp³-hybridized carbons (Fsp3) is 0.114. The normalized spacial score (nSPS) is 10.2. The molecule has 0 heterocycles. The van der Waals surface area contributed by atoms with Crippen LogP contribution in [0.15, 0.2) is 138 Å². The van der Waals surface area contributed by atoms with Crippen LogP contribution >= 0.6 is 23.5 Å². The highest BCUT2D eigenvalue weighted by molar-refractivity contribution is 7.99. The minimum absolute atomic E-state index is 0.321. The average Bonchev–Trinajstić information content (AvgIpc) is 3.17. The highest BCUT2D eigenvalue weighted by Crippen LogP contribution is 2.24. The molecule has 0 unspecified atom stereocenters. The predicted molar refractivity (Wildman–Crippen MR) is 209 cm³/mol. The van der Waals surface area contributed by atoms with Crippen molar-refractivity contribution < 1.29 is 28.6 Å². The van der Waals surface area contributed by atoms with Crippen LogP contribution in [0.2, 0.25) is 0 Å². The second-order valence-corrected chi connectivity index (χ2v) is 13.5. The van der Waals surface area contributed by atoms with Crippen LogP contribution in [-0.4, -0.2) is 42.6 Å². The van der Waals surface area contributed by atoms with Crippen molar-refractivity contribution in [2.75, 3.05) is 24.7 Å². The number of hydrogen-bond acceptors (Lipinski definition) is 8. The molecular formula is C44H34O6S2. The van der Waals surface area contributed by atoms with Crippen LogP contribution in [-0.2, 0) is 19.1 Å². The van der Waals surface area contributed by atoms with Gasteiger partial charge in [-0.2, -0.15) is 0 Å². The Morgan fingerprint density at radius 3 is 1.60 bits per heavy atom. The zero-order valence-corrected chi connectivity index (χ0v) is 30.1. The van der Waals surface area contributed by atoms with E-state index in [4.69, 9.17) is 14.2 Å². The average molecular weight is 723 g/mol. The predicted octanol–water partition coefficient (Wildman–Crippen LogP) is 8.81. The van der Waals surface area contributed by atoms with Gasteiger partial charge in [0.15, 0.2) is 0 Å². The number of hydrogen-bond donors (Lipinski definition) is 0. The summed E-state index contributed by atoms with van der Waals surface area (Å²) in [5, 5.41) is 1.87. The molecule has 0 atom stereocenters. The zero-order valence-electron chi connectivity index (χ0n) is 28.5. The molecule has 0 N–H and O–H groups in total. The Morgan fingerprint density at radius 1 is 0.596 bits per heavy atom. The molecule has 0 bridgehead atoms. The molecule has 0 aliphatic carbocycles. The van der Waals surface area contributed by atoms with Crippen LogP contribution < -0.4 is 4.74 Å². The fourth-order valence-corrected chi connectivity index (χ4v) is 6.19. The van der Waals surface area contributed by atoms with E-state index in [2.05, 4.69) is 36.8 Å². The van der Waals surface area contributed by atoms with Gasteiger partial charge in [0.2, 0.25) is 0 Å². The Hall–Kier alpha value is -5.93. The number of aryl methyl sites for hydroxylation is 1. The minimum atomic E-state index is -0.441. The molecule has 258 valence electrons. The molecule has 8 heteroatoms. The smallest absolute Gasteiger partial charge is 0.343 e. The largest absolute Gasteiger partial charge is 0.462 e. The quantitative estimate of drug-likeness (QED) is 0.0316. The van der Waals surface area contributed by atoms with Crippen LogP contribution in [0.4, 0.5) is 0 Å². The molecule has 0 radical (unpaired) electrons. The Morgan fingerprint density at radius 2 is 1.06 bits per heavy atom. The van der Waals surface area contributed by atoms with Gasteiger partial charge in [-0.05, 0) is 114 Å². The van der Waals surface area contributed by atoms with Crippen molar-refractivity contribution >= 4 is 52.2 Å². The van der Waals surface area contributed by atoms with Gasteiger partial charge in [-0.3, -0.25) is 0 Å². The summed E-state index contributed by atoms with van der Waals surface area (Å²) < 4.78 is 15.8. The Labute approximate surface area is 312 Å². The molecule has 52 heavy (non-hydrogen) atoms. The Bertz CT molecular complexity index is 2230. The van der Waals surface area contributed by atoms with Gasteiger partial charge in [0.05, 0.1) is 5.56 Å². The van der Waals surface area contributed by atoms with Crippen molar-refractivity contribution in [2.45, 2.75) is 16.7 Å². The van der Waals surface area contributed by atoms with Crippen molar-refractivity contribution in [3.05, 3.63) is 162 Å². The van der Waals surface area contributed by atoms with Gasteiger partial charge in [-0.15, -0.1) is 23.5 Å². The maximum Gasteiger partial charge on any atom is 0.343 e. The summed E-state index contributed by atoms with van der Waals surface area (Å²) in [6.07, 6.45) is 2.31. The number of carbonyl (C=O) groups excluding carboxylic acids is 3. The van der Waals surface area contributed by atoms with Crippen LogP contribution in [0.25, 0.3) is 10.8 Å². The van der Waals surface area contributed by atoms with Gasteiger partial charge in [0.1, 0.15) is 19.0 Å². The first-order valence-corrected chi connectivity index (χ1v) is 18.2. The maximum absolute atomic E-state index is 13.1. The number of thioether (sulfide) groups is 2. The summed E-state index contributed by atoms with van der Waals surface area (Å²) in [7, 11) is 0. The van der Waals surface area contributed by atoms with Gasteiger partial charge in [0, 0.05) is 55.7 Å². The van der Waals surface area contributed by atoms with E-state index < -0.39 is 17.9 Å². The third-order valence-corrected chi connectivity index (χ3v) is 9.34. The van der Waals surface area contributed by atoms with Crippen molar-refractivity contribution in [1.29, 1.82) is 0 Å². The molecule has 0 saturated carbocycles. The lowest BCUT2D eigenvalue weighted by atomic mass is 10.0. The van der Waals surface area contributed by atoms with E-state index in [1.54, 1.807) is 35.7 Å². The summed E-state index contributed by atoms with van der Waals surface area (Å²) in [6, 6.07) is 32.6. The Kier molecular flexibility index (Phi) is 13.6. The van der Waals surface area contributed by atoms with Gasteiger partial charge in [-0.1, -0.05) is 49.0 Å². The topological polar surface area (TPSA) is 78.9 Å². The standard InChI is InChI=1S/C44H34O6S2/c1-4-42(45)48-24-26-51-39-19-11-32(12-20-39)6-8-34-15-23-41(31(3)28-34)50-44(47)38-18-17-36-29-35(10-16-37(36)30-38)9-7-33-13-21-40(22-14-33)52-27-25-49-43(46)5-2/h4-5,10-23,28-30H,1-2,24-27H2,3H3. The summed E-state index contributed by atoms with van der Waals surface area (Å²) >= 11 is 3.19. The van der Waals surface area contributed by atoms with E-state index in [-0.39, 0.29) is 0 Å². The van der Waals surface area contributed by atoms with Crippen molar-refractivity contribution in [3.8, 4) is 29.4 Å². The van der Waals surface area contributed by atoms with Gasteiger partial charge in [0.25, 0.3) is 0 Å². The first-order valence-electron chi connectivity index (χ1n) is 16.2. The fourth-order valence-electron chi connectivity index (χ4n) is 4.73. The molecule has 0 amide bonds. The van der Waals surface area contributed by atoms with E-state index in [0.29, 0.717) is 36.0 Å². The van der Waals surface area contributed by atoms with Gasteiger partial charge < -0.3 is 14.2 Å². The lowest BCUT2D eigenvalue weighted by molar-refractivity contribution is -0.138. The van der Waals surface area contributed by atoms with Gasteiger partial charge in [-0.25, -0.2) is 14.4 Å². The first kappa shape index (κ1) is 37.3. The summed E-state index contributed by atoms with van der Waals surface area (Å²) in [5.74, 6) is 13.3. The number of benzene rings is 5. The van der Waals surface area contributed by atoms with Gasteiger partial charge >= 0.3 is 17.9 Å². The summed E-state index contributed by atoms with van der Waals surface area (Å²) in [4.78, 5) is 37.5. The molecule has 0 saturated heterocycles. The number of carbonyl (C=O) groups is 3. The first-order chi connectivity index (χ1) is 25.3. The van der Waals surface area contributed by atoms with Crippen LogP contribution in [0.3, 0.4) is 0 Å². The molecule has 5 aromatic carbocycles. The molecule has 5 rings (SSSR count). The van der Waals surface area contributed by atoms with Crippen LogP contribution in [0.1, 0.15) is 38.2 Å². The molecule has 0 aromatic heterocycles. The van der Waals surface area contributed by atoms with E-state index in [1.807, 2.05) is 97.9 Å². The Balaban J connectivity index is 1.14. The third kappa shape index (κ3) is 11.3. The molecular weight excluding hydrogens is 689 g/mol. The van der Waals surface area contributed by atoms with Crippen molar-refractivity contribution in [3.63, 3.8) is 0 Å². The maximum atomic E-state index is 13.1.